The molecule has 0 saturated carbocycles. The number of hydrogen-bond acceptors (Lipinski definition) is 3. The maximum Gasteiger partial charge on any atom is 0.250 e. The van der Waals surface area contributed by atoms with Gasteiger partial charge in [0.25, 0.3) is 5.56 Å². The van der Waals surface area contributed by atoms with Gasteiger partial charge in [0.15, 0.2) is 0 Å². The van der Waals surface area contributed by atoms with Gasteiger partial charge in [-0.1, -0.05) is 6.92 Å². The lowest BCUT2D eigenvalue weighted by Crippen LogP contribution is -2.19. The SMILES string of the molecule is CCCn1cc(NCc2cncn2C)ccc1=O. The Hall–Kier alpha value is -2.04. The monoisotopic (exact) mass is 246 g/mol. The molecule has 5 heteroatoms. The molecule has 1 N–H and O–H groups in total. The molecule has 96 valence electrons. The van der Waals surface area contributed by atoms with E-state index in [1.807, 2.05) is 30.1 Å². The van der Waals surface area contributed by atoms with Crippen LogP contribution in [0.15, 0.2) is 35.6 Å². The molecule has 0 aliphatic rings. The first-order chi connectivity index (χ1) is 8.70. The minimum atomic E-state index is 0.0444. The van der Waals surface area contributed by atoms with Gasteiger partial charge in [-0.2, -0.15) is 0 Å². The summed E-state index contributed by atoms with van der Waals surface area (Å²) in [6.45, 7) is 3.50. The molecule has 0 bridgehead atoms. The molecule has 0 atom stereocenters. The van der Waals surface area contributed by atoms with E-state index in [9.17, 15) is 4.79 Å². The van der Waals surface area contributed by atoms with Crippen molar-refractivity contribution in [1.82, 2.24) is 14.1 Å². The Morgan fingerprint density at radius 2 is 2.22 bits per heavy atom. The van der Waals surface area contributed by atoms with Crippen LogP contribution in [0, 0.1) is 0 Å². The summed E-state index contributed by atoms with van der Waals surface area (Å²) in [5.74, 6) is 0. The molecule has 0 saturated heterocycles. The van der Waals surface area contributed by atoms with Gasteiger partial charge in [0, 0.05) is 32.1 Å². The fraction of sp³-hybridized carbons (Fsp3) is 0.385. The van der Waals surface area contributed by atoms with Crippen molar-refractivity contribution in [3.8, 4) is 0 Å². The Balaban J connectivity index is 2.08. The Bertz CT molecular complexity index is 570. The van der Waals surface area contributed by atoms with Crippen molar-refractivity contribution in [1.29, 1.82) is 0 Å². The van der Waals surface area contributed by atoms with Crippen molar-refractivity contribution >= 4 is 5.69 Å². The lowest BCUT2D eigenvalue weighted by atomic mass is 10.3. The number of hydrogen-bond donors (Lipinski definition) is 1. The van der Waals surface area contributed by atoms with E-state index >= 15 is 0 Å². The van der Waals surface area contributed by atoms with Gasteiger partial charge in [0.2, 0.25) is 0 Å². The highest BCUT2D eigenvalue weighted by molar-refractivity contribution is 5.40. The largest absolute Gasteiger partial charge is 0.378 e. The zero-order valence-electron chi connectivity index (χ0n) is 10.8. The first kappa shape index (κ1) is 12.4. The Morgan fingerprint density at radius 3 is 2.89 bits per heavy atom. The van der Waals surface area contributed by atoms with E-state index in [1.54, 1.807) is 17.0 Å². The maximum absolute atomic E-state index is 11.6. The second-order valence-corrected chi connectivity index (χ2v) is 4.30. The number of anilines is 1. The summed E-state index contributed by atoms with van der Waals surface area (Å²) in [5, 5.41) is 3.29. The van der Waals surface area contributed by atoms with E-state index in [0.717, 1.165) is 24.3 Å². The topological polar surface area (TPSA) is 51.9 Å². The van der Waals surface area contributed by atoms with Crippen LogP contribution >= 0.6 is 0 Å². The smallest absolute Gasteiger partial charge is 0.250 e. The number of nitrogens with one attached hydrogen (secondary N) is 1. The van der Waals surface area contributed by atoms with Gasteiger partial charge >= 0.3 is 0 Å². The Morgan fingerprint density at radius 1 is 1.39 bits per heavy atom. The molecule has 0 aromatic carbocycles. The van der Waals surface area contributed by atoms with E-state index in [-0.39, 0.29) is 5.56 Å². The minimum absolute atomic E-state index is 0.0444. The van der Waals surface area contributed by atoms with Gasteiger partial charge in [-0.3, -0.25) is 4.79 Å². The number of imidazole rings is 1. The zero-order valence-corrected chi connectivity index (χ0v) is 10.8. The minimum Gasteiger partial charge on any atom is -0.378 e. The molecule has 2 aromatic rings. The molecule has 5 nitrogen and oxygen atoms in total. The predicted molar refractivity (Wildman–Crippen MR) is 71.5 cm³/mol. The molecule has 0 radical (unpaired) electrons. The average Bonchev–Trinajstić information content (AvgIpc) is 2.76. The first-order valence-corrected chi connectivity index (χ1v) is 6.10. The van der Waals surface area contributed by atoms with E-state index in [0.29, 0.717) is 6.54 Å². The highest BCUT2D eigenvalue weighted by Gasteiger charge is 2.00. The molecule has 2 heterocycles. The second kappa shape index (κ2) is 5.53. The van der Waals surface area contributed by atoms with Gasteiger partial charge in [-0.05, 0) is 12.5 Å². The van der Waals surface area contributed by atoms with Crippen molar-refractivity contribution in [3.05, 3.63) is 46.9 Å². The van der Waals surface area contributed by atoms with Gasteiger partial charge in [0.1, 0.15) is 0 Å². The molecule has 2 rings (SSSR count). The maximum atomic E-state index is 11.6. The van der Waals surface area contributed by atoms with Crippen LogP contribution in [-0.2, 0) is 20.1 Å². The molecule has 0 unspecified atom stereocenters. The summed E-state index contributed by atoms with van der Waals surface area (Å²) in [5.41, 5.74) is 2.09. The molecule has 0 aliphatic carbocycles. The van der Waals surface area contributed by atoms with Crippen LogP contribution in [0.5, 0.6) is 0 Å². The number of nitrogens with zero attached hydrogens (tertiary/aromatic N) is 3. The van der Waals surface area contributed by atoms with Crippen LogP contribution in [0.2, 0.25) is 0 Å². The summed E-state index contributed by atoms with van der Waals surface area (Å²) < 4.78 is 3.70. The normalized spacial score (nSPS) is 10.6. The summed E-state index contributed by atoms with van der Waals surface area (Å²) in [7, 11) is 1.96. The third-order valence-corrected chi connectivity index (χ3v) is 2.84. The fourth-order valence-electron chi connectivity index (χ4n) is 1.80. The molecule has 18 heavy (non-hydrogen) atoms. The summed E-state index contributed by atoms with van der Waals surface area (Å²) in [4.78, 5) is 15.6. The number of pyridine rings is 1. The molecular weight excluding hydrogens is 228 g/mol. The second-order valence-electron chi connectivity index (χ2n) is 4.30. The van der Waals surface area contributed by atoms with Crippen LogP contribution in [0.3, 0.4) is 0 Å². The molecular formula is C13H18N4O. The number of aromatic nitrogens is 3. The van der Waals surface area contributed by atoms with Crippen molar-refractivity contribution in [3.63, 3.8) is 0 Å². The third-order valence-electron chi connectivity index (χ3n) is 2.84. The lowest BCUT2D eigenvalue weighted by Gasteiger charge is -2.09. The summed E-state index contributed by atoms with van der Waals surface area (Å²) in [6, 6.07) is 3.41. The van der Waals surface area contributed by atoms with Crippen molar-refractivity contribution in [2.75, 3.05) is 5.32 Å². The van der Waals surface area contributed by atoms with Crippen molar-refractivity contribution in [2.45, 2.75) is 26.4 Å². The lowest BCUT2D eigenvalue weighted by molar-refractivity contribution is 0.654. The Kier molecular flexibility index (Phi) is 3.82. The molecule has 0 amide bonds. The van der Waals surface area contributed by atoms with Gasteiger partial charge < -0.3 is 14.5 Å². The molecule has 0 aliphatic heterocycles. The number of rotatable bonds is 5. The standard InChI is InChI=1S/C13H18N4O/c1-3-6-17-9-11(4-5-13(17)18)15-8-12-7-14-10-16(12)2/h4-5,7,9-10,15H,3,6,8H2,1-2H3. The van der Waals surface area contributed by atoms with Crippen molar-refractivity contribution < 1.29 is 0 Å². The average molecular weight is 246 g/mol. The first-order valence-electron chi connectivity index (χ1n) is 6.10. The quantitative estimate of drug-likeness (QED) is 0.872. The van der Waals surface area contributed by atoms with E-state index in [1.165, 1.54) is 0 Å². The highest BCUT2D eigenvalue weighted by atomic mass is 16.1. The molecule has 2 aromatic heterocycles. The summed E-state index contributed by atoms with van der Waals surface area (Å²) in [6.07, 6.45) is 6.41. The summed E-state index contributed by atoms with van der Waals surface area (Å²) >= 11 is 0. The highest BCUT2D eigenvalue weighted by Crippen LogP contribution is 2.06. The number of aryl methyl sites for hydroxylation is 2. The van der Waals surface area contributed by atoms with Gasteiger partial charge in [-0.25, -0.2) is 4.98 Å². The van der Waals surface area contributed by atoms with E-state index < -0.39 is 0 Å². The Labute approximate surface area is 106 Å². The third kappa shape index (κ3) is 2.80. The van der Waals surface area contributed by atoms with E-state index in [2.05, 4.69) is 17.2 Å². The zero-order chi connectivity index (χ0) is 13.0. The van der Waals surface area contributed by atoms with Crippen LogP contribution < -0.4 is 10.9 Å². The van der Waals surface area contributed by atoms with Crippen LogP contribution in [-0.4, -0.2) is 14.1 Å². The fourth-order valence-corrected chi connectivity index (χ4v) is 1.80. The predicted octanol–water partition coefficient (Wildman–Crippen LogP) is 1.60. The van der Waals surface area contributed by atoms with Crippen LogP contribution in [0.4, 0.5) is 5.69 Å². The van der Waals surface area contributed by atoms with E-state index in [4.69, 9.17) is 0 Å². The van der Waals surface area contributed by atoms with Gasteiger partial charge in [0.05, 0.1) is 24.3 Å². The van der Waals surface area contributed by atoms with Crippen molar-refractivity contribution in [2.24, 2.45) is 7.05 Å². The molecule has 0 spiro atoms. The van der Waals surface area contributed by atoms with Crippen LogP contribution in [0.25, 0.3) is 0 Å². The molecule has 0 fully saturated rings. The van der Waals surface area contributed by atoms with Crippen LogP contribution in [0.1, 0.15) is 19.0 Å². The van der Waals surface area contributed by atoms with Gasteiger partial charge in [-0.15, -0.1) is 0 Å².